The van der Waals surface area contributed by atoms with Crippen LogP contribution in [0.25, 0.3) is 0 Å². The van der Waals surface area contributed by atoms with Crippen molar-refractivity contribution in [2.75, 3.05) is 7.05 Å². The minimum Gasteiger partial charge on any atom is -0.309 e. The maximum Gasteiger partial charge on any atom is 0.0266 e. The Balaban J connectivity index is 1.61. The first-order valence-electron chi connectivity index (χ1n) is 8.20. The molecule has 0 spiro atoms. The third-order valence-corrected chi connectivity index (χ3v) is 6.37. The van der Waals surface area contributed by atoms with Crippen LogP contribution in [-0.2, 0) is 6.42 Å². The second-order valence-electron chi connectivity index (χ2n) is 7.40. The molecule has 2 heterocycles. The van der Waals surface area contributed by atoms with Gasteiger partial charge in [0.25, 0.3) is 0 Å². The van der Waals surface area contributed by atoms with Crippen molar-refractivity contribution in [2.45, 2.75) is 63.2 Å². The summed E-state index contributed by atoms with van der Waals surface area (Å²) < 4.78 is 0. The summed E-state index contributed by atoms with van der Waals surface area (Å²) in [6.07, 6.45) is 6.74. The van der Waals surface area contributed by atoms with E-state index in [2.05, 4.69) is 54.5 Å². The van der Waals surface area contributed by atoms with Gasteiger partial charge in [-0.25, -0.2) is 0 Å². The summed E-state index contributed by atoms with van der Waals surface area (Å²) in [7, 11) is 2.37. The highest BCUT2D eigenvalue weighted by molar-refractivity contribution is 5.21. The number of hydrogen-bond donors (Lipinski definition) is 1. The number of nitrogens with zero attached hydrogens (tertiary/aromatic N) is 1. The van der Waals surface area contributed by atoms with Crippen molar-refractivity contribution in [1.29, 1.82) is 0 Å². The van der Waals surface area contributed by atoms with Gasteiger partial charge < -0.3 is 5.32 Å². The number of hydrogen-bond acceptors (Lipinski definition) is 2. The van der Waals surface area contributed by atoms with Crippen LogP contribution >= 0.6 is 0 Å². The molecule has 2 aliphatic heterocycles. The van der Waals surface area contributed by atoms with Crippen molar-refractivity contribution in [3.63, 3.8) is 0 Å². The second-order valence-corrected chi connectivity index (χ2v) is 7.40. The normalized spacial score (nSPS) is 43.7. The van der Waals surface area contributed by atoms with E-state index in [-0.39, 0.29) is 0 Å². The molecule has 2 heteroatoms. The predicted octanol–water partition coefficient (Wildman–Crippen LogP) is 2.83. The molecule has 2 bridgehead atoms. The summed E-state index contributed by atoms with van der Waals surface area (Å²) in [5.41, 5.74) is 1.99. The van der Waals surface area contributed by atoms with Crippen LogP contribution in [0, 0.1) is 5.41 Å². The first kappa shape index (κ1) is 12.8. The van der Waals surface area contributed by atoms with Crippen LogP contribution in [0.3, 0.4) is 0 Å². The molecule has 1 aliphatic carbocycles. The summed E-state index contributed by atoms with van der Waals surface area (Å²) in [4.78, 5) is 2.71. The maximum atomic E-state index is 4.02. The Morgan fingerprint density at radius 1 is 1.25 bits per heavy atom. The van der Waals surface area contributed by atoms with Crippen molar-refractivity contribution >= 4 is 0 Å². The number of likely N-dealkylation sites (tertiary alicyclic amines) is 1. The lowest BCUT2D eigenvalue weighted by Gasteiger charge is -2.47. The lowest BCUT2D eigenvalue weighted by atomic mass is 9.65. The number of nitrogens with one attached hydrogen (secondary N) is 1. The number of rotatable bonds is 2. The summed E-state index contributed by atoms with van der Waals surface area (Å²) in [5.74, 6) is 0. The largest absolute Gasteiger partial charge is 0.309 e. The third-order valence-electron chi connectivity index (χ3n) is 6.37. The van der Waals surface area contributed by atoms with Crippen molar-refractivity contribution in [3.05, 3.63) is 35.9 Å². The van der Waals surface area contributed by atoms with Gasteiger partial charge in [0.2, 0.25) is 0 Å². The Bertz CT molecular complexity index is 485. The van der Waals surface area contributed by atoms with E-state index in [1.807, 2.05) is 0 Å². The highest BCUT2D eigenvalue weighted by Crippen LogP contribution is 2.52. The van der Waals surface area contributed by atoms with Crippen LogP contribution in [0.5, 0.6) is 0 Å². The fraction of sp³-hybridized carbons (Fsp3) is 0.667. The second kappa shape index (κ2) is 4.57. The van der Waals surface area contributed by atoms with Crippen LogP contribution in [0.4, 0.5) is 0 Å². The van der Waals surface area contributed by atoms with Crippen LogP contribution in [0.15, 0.2) is 30.3 Å². The van der Waals surface area contributed by atoms with Gasteiger partial charge in [-0.05, 0) is 43.7 Å². The maximum absolute atomic E-state index is 4.02. The van der Waals surface area contributed by atoms with Gasteiger partial charge in [-0.2, -0.15) is 0 Å². The zero-order valence-electron chi connectivity index (χ0n) is 12.7. The zero-order chi connectivity index (χ0) is 13.7. The average Bonchev–Trinajstić information content (AvgIpc) is 2.72. The molecule has 3 fully saturated rings. The molecule has 2 saturated heterocycles. The van der Waals surface area contributed by atoms with Crippen molar-refractivity contribution in [1.82, 2.24) is 10.2 Å². The van der Waals surface area contributed by atoms with Crippen LogP contribution < -0.4 is 5.32 Å². The molecule has 5 atom stereocenters. The molecule has 3 aliphatic rings. The average molecular weight is 270 g/mol. The third kappa shape index (κ3) is 1.78. The lowest BCUT2D eigenvalue weighted by molar-refractivity contribution is 0.0940. The summed E-state index contributed by atoms with van der Waals surface area (Å²) in [5, 5.41) is 4.02. The molecule has 20 heavy (non-hydrogen) atoms. The monoisotopic (exact) mass is 270 g/mol. The molecule has 1 aromatic rings. The number of likely N-dealkylation sites (N-methyl/N-ethyl adjacent to an activating group) is 1. The minimum absolute atomic E-state index is 0.519. The number of fused-ring (bicyclic) bond motifs is 1. The molecule has 0 aromatic heterocycles. The Morgan fingerprint density at radius 3 is 2.85 bits per heavy atom. The molecule has 108 valence electrons. The molecule has 2 nitrogen and oxygen atoms in total. The van der Waals surface area contributed by atoms with E-state index in [1.54, 1.807) is 0 Å². The molecule has 0 radical (unpaired) electrons. The van der Waals surface area contributed by atoms with Gasteiger partial charge >= 0.3 is 0 Å². The van der Waals surface area contributed by atoms with E-state index < -0.39 is 0 Å². The van der Waals surface area contributed by atoms with Gasteiger partial charge in [-0.15, -0.1) is 0 Å². The number of piperidine rings is 1. The van der Waals surface area contributed by atoms with Gasteiger partial charge in [-0.3, -0.25) is 4.90 Å². The first-order chi connectivity index (χ1) is 9.68. The topological polar surface area (TPSA) is 15.3 Å². The Hall–Kier alpha value is -0.860. The Kier molecular flexibility index (Phi) is 2.94. The smallest absolute Gasteiger partial charge is 0.0266 e. The van der Waals surface area contributed by atoms with E-state index in [0.29, 0.717) is 11.5 Å². The van der Waals surface area contributed by atoms with E-state index in [1.165, 1.54) is 37.7 Å². The molecule has 4 rings (SSSR count). The van der Waals surface area contributed by atoms with Gasteiger partial charge in [0.15, 0.2) is 0 Å². The van der Waals surface area contributed by atoms with Crippen LogP contribution in [-0.4, -0.2) is 36.1 Å². The fourth-order valence-electron chi connectivity index (χ4n) is 5.31. The van der Waals surface area contributed by atoms with Gasteiger partial charge in [0.1, 0.15) is 0 Å². The highest BCUT2D eigenvalue weighted by Gasteiger charge is 2.58. The van der Waals surface area contributed by atoms with Crippen molar-refractivity contribution < 1.29 is 0 Å². The van der Waals surface area contributed by atoms with E-state index in [9.17, 15) is 0 Å². The zero-order valence-corrected chi connectivity index (χ0v) is 12.7. The standard InChI is InChI=1S/C18H26N2/c1-18-12-15-14(11-13-7-4-3-5-8-13)19-16(18)9-6-10-17(18)20(15)2/h3-5,7-8,14-17,19H,6,9-12H2,1-2H3/t14-,15+,16-,17+,18-/m1/s1. The Morgan fingerprint density at radius 2 is 2.05 bits per heavy atom. The van der Waals surface area contributed by atoms with E-state index >= 15 is 0 Å². The number of benzene rings is 1. The molecule has 0 amide bonds. The molecule has 1 N–H and O–H groups in total. The van der Waals surface area contributed by atoms with Crippen LogP contribution in [0.1, 0.15) is 38.2 Å². The fourth-order valence-corrected chi connectivity index (χ4v) is 5.31. The summed E-state index contributed by atoms with van der Waals surface area (Å²) >= 11 is 0. The van der Waals surface area contributed by atoms with Crippen LogP contribution in [0.2, 0.25) is 0 Å². The predicted molar refractivity (Wildman–Crippen MR) is 82.8 cm³/mol. The molecule has 1 saturated carbocycles. The molecule has 0 unspecified atom stereocenters. The molecular weight excluding hydrogens is 244 g/mol. The summed E-state index contributed by atoms with van der Waals surface area (Å²) in [6, 6.07) is 13.9. The quantitative estimate of drug-likeness (QED) is 0.889. The van der Waals surface area contributed by atoms with Gasteiger partial charge in [0.05, 0.1) is 0 Å². The minimum atomic E-state index is 0.519. The van der Waals surface area contributed by atoms with Gasteiger partial charge in [-0.1, -0.05) is 43.7 Å². The van der Waals surface area contributed by atoms with E-state index in [0.717, 1.165) is 18.1 Å². The van der Waals surface area contributed by atoms with Crippen molar-refractivity contribution in [2.24, 2.45) is 5.41 Å². The Labute approximate surface area is 122 Å². The molecule has 1 aromatic carbocycles. The van der Waals surface area contributed by atoms with Gasteiger partial charge in [0, 0.05) is 24.2 Å². The lowest BCUT2D eigenvalue weighted by Crippen LogP contribution is -2.58. The summed E-state index contributed by atoms with van der Waals surface area (Å²) in [6.45, 7) is 2.53. The SMILES string of the molecule is CN1[C@H]2CCC[C@H]3N[C@H](Cc4ccccc4)[C@@H]1C[C@@]23C. The molecular formula is C18H26N2. The highest BCUT2D eigenvalue weighted by atomic mass is 15.3. The van der Waals surface area contributed by atoms with E-state index in [4.69, 9.17) is 0 Å². The first-order valence-corrected chi connectivity index (χ1v) is 8.20. The van der Waals surface area contributed by atoms with Crippen molar-refractivity contribution in [3.8, 4) is 0 Å².